The standard InChI is InChI=1S/C13H19O2/c1-10(2)9-15-13-6-4-5-12(7-13)11(3)8-14/h4-7,10,14H,8-9H2,1-3H3. The van der Waals surface area contributed by atoms with Crippen molar-refractivity contribution in [3.8, 4) is 5.75 Å². The maximum absolute atomic E-state index is 9.02. The van der Waals surface area contributed by atoms with E-state index in [1.807, 2.05) is 31.2 Å². The summed E-state index contributed by atoms with van der Waals surface area (Å²) in [6.45, 7) is 6.97. The summed E-state index contributed by atoms with van der Waals surface area (Å²) in [5, 5.41) is 9.02. The van der Waals surface area contributed by atoms with Gasteiger partial charge in [0, 0.05) is 5.92 Å². The molecule has 2 nitrogen and oxygen atoms in total. The Morgan fingerprint density at radius 3 is 2.73 bits per heavy atom. The van der Waals surface area contributed by atoms with Gasteiger partial charge in [-0.05, 0) is 23.6 Å². The van der Waals surface area contributed by atoms with Crippen molar-refractivity contribution in [2.45, 2.75) is 20.8 Å². The lowest BCUT2D eigenvalue weighted by molar-refractivity contribution is 0.270. The van der Waals surface area contributed by atoms with Crippen LogP contribution in [0.3, 0.4) is 0 Å². The average molecular weight is 207 g/mol. The molecule has 0 aromatic heterocycles. The highest BCUT2D eigenvalue weighted by molar-refractivity contribution is 5.36. The molecule has 2 heteroatoms. The molecule has 1 aromatic rings. The van der Waals surface area contributed by atoms with E-state index < -0.39 is 0 Å². The summed E-state index contributed by atoms with van der Waals surface area (Å²) in [5.74, 6) is 2.36. The molecule has 0 heterocycles. The van der Waals surface area contributed by atoms with Crippen molar-refractivity contribution in [2.24, 2.45) is 5.92 Å². The second kappa shape index (κ2) is 5.76. The third-order valence-electron chi connectivity index (χ3n) is 2.15. The van der Waals surface area contributed by atoms with Crippen molar-refractivity contribution >= 4 is 0 Å². The van der Waals surface area contributed by atoms with Gasteiger partial charge < -0.3 is 9.84 Å². The molecular weight excluding hydrogens is 188 g/mol. The lowest BCUT2D eigenvalue weighted by Gasteiger charge is -2.12. The molecule has 0 atom stereocenters. The van der Waals surface area contributed by atoms with Gasteiger partial charge in [-0.2, -0.15) is 0 Å². The molecule has 0 bridgehead atoms. The van der Waals surface area contributed by atoms with Crippen LogP contribution in [0.4, 0.5) is 0 Å². The summed E-state index contributed by atoms with van der Waals surface area (Å²) in [5.41, 5.74) is 1.04. The number of ether oxygens (including phenoxy) is 1. The Morgan fingerprint density at radius 1 is 1.40 bits per heavy atom. The highest BCUT2D eigenvalue weighted by Crippen LogP contribution is 2.20. The smallest absolute Gasteiger partial charge is 0.119 e. The van der Waals surface area contributed by atoms with Gasteiger partial charge >= 0.3 is 0 Å². The minimum atomic E-state index is 0.0909. The Hall–Kier alpha value is -1.02. The van der Waals surface area contributed by atoms with Crippen LogP contribution < -0.4 is 4.74 Å². The summed E-state index contributed by atoms with van der Waals surface area (Å²) in [7, 11) is 0. The highest BCUT2D eigenvalue weighted by atomic mass is 16.5. The van der Waals surface area contributed by atoms with Gasteiger partial charge in [0.05, 0.1) is 13.2 Å². The number of aliphatic hydroxyl groups excluding tert-OH is 1. The maximum Gasteiger partial charge on any atom is 0.119 e. The SMILES string of the molecule is C[C](CO)c1cccc(OCC(C)C)c1. The minimum absolute atomic E-state index is 0.0909. The lowest BCUT2D eigenvalue weighted by Crippen LogP contribution is -2.05. The molecule has 0 aliphatic rings. The van der Waals surface area contributed by atoms with E-state index in [1.165, 1.54) is 0 Å². The molecule has 0 spiro atoms. The number of aliphatic hydroxyl groups is 1. The highest BCUT2D eigenvalue weighted by Gasteiger charge is 2.05. The topological polar surface area (TPSA) is 29.5 Å². The Kier molecular flexibility index (Phi) is 4.63. The van der Waals surface area contributed by atoms with Crippen LogP contribution in [-0.2, 0) is 0 Å². The molecule has 83 valence electrons. The Bertz CT molecular complexity index is 294. The van der Waals surface area contributed by atoms with Gasteiger partial charge in [-0.1, -0.05) is 32.9 Å². The third-order valence-corrected chi connectivity index (χ3v) is 2.15. The normalized spacial score (nSPS) is 11.1. The van der Waals surface area contributed by atoms with E-state index in [9.17, 15) is 0 Å². The van der Waals surface area contributed by atoms with Gasteiger partial charge in [0.1, 0.15) is 5.75 Å². The second-order valence-electron chi connectivity index (χ2n) is 4.17. The molecule has 1 N–H and O–H groups in total. The van der Waals surface area contributed by atoms with Crippen LogP contribution in [0.2, 0.25) is 0 Å². The van der Waals surface area contributed by atoms with Crippen LogP contribution in [0.5, 0.6) is 5.75 Å². The van der Waals surface area contributed by atoms with Crippen LogP contribution in [0.1, 0.15) is 26.3 Å². The van der Waals surface area contributed by atoms with E-state index in [2.05, 4.69) is 13.8 Å². The van der Waals surface area contributed by atoms with Crippen molar-refractivity contribution in [1.29, 1.82) is 0 Å². The van der Waals surface area contributed by atoms with Gasteiger partial charge in [-0.3, -0.25) is 0 Å². The fourth-order valence-corrected chi connectivity index (χ4v) is 1.21. The molecule has 0 amide bonds. The van der Waals surface area contributed by atoms with Crippen LogP contribution >= 0.6 is 0 Å². The van der Waals surface area contributed by atoms with Crippen LogP contribution in [0.15, 0.2) is 24.3 Å². The Balaban J connectivity index is 2.65. The van der Waals surface area contributed by atoms with Gasteiger partial charge in [-0.25, -0.2) is 0 Å². The first-order chi connectivity index (χ1) is 7.13. The number of benzene rings is 1. The molecule has 1 rings (SSSR count). The van der Waals surface area contributed by atoms with E-state index in [-0.39, 0.29) is 6.61 Å². The summed E-state index contributed by atoms with van der Waals surface area (Å²) in [6, 6.07) is 7.84. The van der Waals surface area contributed by atoms with Crippen molar-refractivity contribution < 1.29 is 9.84 Å². The first kappa shape index (κ1) is 12.1. The second-order valence-corrected chi connectivity index (χ2v) is 4.17. The average Bonchev–Trinajstić information content (AvgIpc) is 2.25. The summed E-state index contributed by atoms with van der Waals surface area (Å²) >= 11 is 0. The van der Waals surface area contributed by atoms with E-state index in [4.69, 9.17) is 9.84 Å². The molecular formula is C13H19O2. The fraction of sp³-hybridized carbons (Fsp3) is 0.462. The monoisotopic (exact) mass is 207 g/mol. The summed E-state index contributed by atoms with van der Waals surface area (Å²) in [6.07, 6.45) is 0. The maximum atomic E-state index is 9.02. The summed E-state index contributed by atoms with van der Waals surface area (Å²) < 4.78 is 5.61. The largest absolute Gasteiger partial charge is 0.493 e. The van der Waals surface area contributed by atoms with Gasteiger partial charge in [0.15, 0.2) is 0 Å². The zero-order chi connectivity index (χ0) is 11.3. The predicted molar refractivity (Wildman–Crippen MR) is 61.9 cm³/mol. The molecule has 0 aliphatic heterocycles. The summed E-state index contributed by atoms with van der Waals surface area (Å²) in [4.78, 5) is 0. The van der Waals surface area contributed by atoms with Crippen LogP contribution in [0.25, 0.3) is 0 Å². The zero-order valence-electron chi connectivity index (χ0n) is 9.66. The minimum Gasteiger partial charge on any atom is -0.493 e. The van der Waals surface area contributed by atoms with Gasteiger partial charge in [0.2, 0.25) is 0 Å². The van der Waals surface area contributed by atoms with Crippen molar-refractivity contribution in [3.05, 3.63) is 35.7 Å². The molecule has 0 unspecified atom stereocenters. The molecule has 15 heavy (non-hydrogen) atoms. The van der Waals surface area contributed by atoms with E-state index in [0.717, 1.165) is 23.8 Å². The third kappa shape index (κ3) is 3.92. The molecule has 0 fully saturated rings. The van der Waals surface area contributed by atoms with Gasteiger partial charge in [0.25, 0.3) is 0 Å². The Labute approximate surface area is 91.9 Å². The van der Waals surface area contributed by atoms with Crippen LogP contribution in [0, 0.1) is 11.8 Å². The first-order valence-electron chi connectivity index (χ1n) is 5.30. The molecule has 0 saturated heterocycles. The fourth-order valence-electron chi connectivity index (χ4n) is 1.21. The number of hydrogen-bond donors (Lipinski definition) is 1. The van der Waals surface area contributed by atoms with Crippen molar-refractivity contribution in [2.75, 3.05) is 13.2 Å². The van der Waals surface area contributed by atoms with Crippen molar-refractivity contribution in [1.82, 2.24) is 0 Å². The molecule has 1 radical (unpaired) electrons. The predicted octanol–water partition coefficient (Wildman–Crippen LogP) is 2.66. The van der Waals surface area contributed by atoms with E-state index in [1.54, 1.807) is 0 Å². The van der Waals surface area contributed by atoms with Gasteiger partial charge in [-0.15, -0.1) is 0 Å². The zero-order valence-corrected chi connectivity index (χ0v) is 9.66. The van der Waals surface area contributed by atoms with E-state index in [0.29, 0.717) is 5.92 Å². The molecule has 1 aromatic carbocycles. The van der Waals surface area contributed by atoms with E-state index >= 15 is 0 Å². The quantitative estimate of drug-likeness (QED) is 0.804. The first-order valence-corrected chi connectivity index (χ1v) is 5.30. The lowest BCUT2D eigenvalue weighted by atomic mass is 10.0. The number of rotatable bonds is 5. The number of hydrogen-bond acceptors (Lipinski definition) is 2. The van der Waals surface area contributed by atoms with Crippen molar-refractivity contribution in [3.63, 3.8) is 0 Å². The Morgan fingerprint density at radius 2 is 2.13 bits per heavy atom. The van der Waals surface area contributed by atoms with Crippen LogP contribution in [-0.4, -0.2) is 18.3 Å². The molecule has 0 saturated carbocycles. The molecule has 0 aliphatic carbocycles.